The fourth-order valence-corrected chi connectivity index (χ4v) is 2.77. The van der Waals surface area contributed by atoms with Crippen LogP contribution in [0, 0.1) is 0 Å². The van der Waals surface area contributed by atoms with Gasteiger partial charge in [0, 0.05) is 23.6 Å². The van der Waals surface area contributed by atoms with Crippen LogP contribution in [0.4, 0.5) is 5.69 Å². The average Bonchev–Trinajstić information content (AvgIpc) is 2.93. The van der Waals surface area contributed by atoms with Gasteiger partial charge in [-0.05, 0) is 24.1 Å². The van der Waals surface area contributed by atoms with E-state index in [0.29, 0.717) is 23.7 Å². The Hall–Kier alpha value is -2.21. The van der Waals surface area contributed by atoms with Gasteiger partial charge in [0.25, 0.3) is 5.91 Å². The van der Waals surface area contributed by atoms with Crippen LogP contribution >= 0.6 is 11.3 Å². The first-order valence-electron chi connectivity index (χ1n) is 7.06. The number of carbonyl (C=O) groups is 2. The molecule has 2 amide bonds. The fraction of sp³-hybridized carbons (Fsp3) is 0.312. The second-order valence-corrected chi connectivity index (χ2v) is 6.21. The number of hydrogen-bond acceptors (Lipinski definition) is 4. The van der Waals surface area contributed by atoms with Crippen LogP contribution in [-0.2, 0) is 11.3 Å². The van der Waals surface area contributed by atoms with E-state index in [1.165, 1.54) is 6.92 Å². The summed E-state index contributed by atoms with van der Waals surface area (Å²) in [5.41, 5.74) is 2.16. The molecular weight excluding hydrogens is 298 g/mol. The van der Waals surface area contributed by atoms with Crippen molar-refractivity contribution in [3.63, 3.8) is 0 Å². The number of amides is 2. The van der Waals surface area contributed by atoms with Crippen molar-refractivity contribution in [3.8, 4) is 0 Å². The smallest absolute Gasteiger partial charge is 0.251 e. The van der Waals surface area contributed by atoms with Gasteiger partial charge in [0.15, 0.2) is 0 Å². The quantitative estimate of drug-likeness (QED) is 0.890. The minimum Gasteiger partial charge on any atom is -0.346 e. The predicted molar refractivity (Wildman–Crippen MR) is 88.1 cm³/mol. The molecule has 0 bridgehead atoms. The number of nitrogens with zero attached hydrogens (tertiary/aromatic N) is 1. The zero-order chi connectivity index (χ0) is 16.1. The number of thiazole rings is 1. The highest BCUT2D eigenvalue weighted by atomic mass is 32.1. The topological polar surface area (TPSA) is 71.1 Å². The highest BCUT2D eigenvalue weighted by Crippen LogP contribution is 2.17. The SMILES string of the molecule is CC(=O)Nc1cccc(C(=O)NCc2nc(C(C)C)cs2)c1. The molecule has 2 rings (SSSR count). The Labute approximate surface area is 133 Å². The third-order valence-corrected chi connectivity index (χ3v) is 3.87. The molecule has 0 saturated carbocycles. The van der Waals surface area contributed by atoms with Crippen molar-refractivity contribution in [2.45, 2.75) is 33.2 Å². The summed E-state index contributed by atoms with van der Waals surface area (Å²) in [6, 6.07) is 6.84. The van der Waals surface area contributed by atoms with Gasteiger partial charge >= 0.3 is 0 Å². The monoisotopic (exact) mass is 317 g/mol. The molecule has 0 aliphatic heterocycles. The number of anilines is 1. The molecule has 5 nitrogen and oxygen atoms in total. The number of hydrogen-bond donors (Lipinski definition) is 2. The summed E-state index contributed by atoms with van der Waals surface area (Å²) >= 11 is 1.54. The largest absolute Gasteiger partial charge is 0.346 e. The number of carbonyl (C=O) groups excluding carboxylic acids is 2. The lowest BCUT2D eigenvalue weighted by molar-refractivity contribution is -0.114. The van der Waals surface area contributed by atoms with Gasteiger partial charge in [0.05, 0.1) is 12.2 Å². The summed E-state index contributed by atoms with van der Waals surface area (Å²) in [6.07, 6.45) is 0. The average molecular weight is 317 g/mol. The van der Waals surface area contributed by atoms with Crippen molar-refractivity contribution < 1.29 is 9.59 Å². The lowest BCUT2D eigenvalue weighted by Crippen LogP contribution is -2.23. The van der Waals surface area contributed by atoms with Crippen molar-refractivity contribution in [1.29, 1.82) is 0 Å². The van der Waals surface area contributed by atoms with Crippen molar-refractivity contribution in [2.24, 2.45) is 0 Å². The first kappa shape index (κ1) is 16.2. The molecule has 0 unspecified atom stereocenters. The number of nitrogens with one attached hydrogen (secondary N) is 2. The summed E-state index contributed by atoms with van der Waals surface area (Å²) in [6.45, 7) is 6.01. The lowest BCUT2D eigenvalue weighted by atomic mass is 10.2. The third kappa shape index (κ3) is 4.39. The van der Waals surface area contributed by atoms with Crippen molar-refractivity contribution in [1.82, 2.24) is 10.3 Å². The van der Waals surface area contributed by atoms with Gasteiger partial charge in [0.2, 0.25) is 5.91 Å². The number of benzene rings is 1. The first-order chi connectivity index (χ1) is 10.5. The Morgan fingerprint density at radius 3 is 2.73 bits per heavy atom. The molecule has 0 aliphatic carbocycles. The number of aromatic nitrogens is 1. The second kappa shape index (κ2) is 7.17. The lowest BCUT2D eigenvalue weighted by Gasteiger charge is -2.06. The molecule has 0 aliphatic rings. The van der Waals surface area contributed by atoms with Crippen molar-refractivity contribution in [3.05, 3.63) is 45.9 Å². The Bertz CT molecular complexity index is 680. The van der Waals surface area contributed by atoms with Gasteiger partial charge in [-0.1, -0.05) is 19.9 Å². The molecule has 22 heavy (non-hydrogen) atoms. The van der Waals surface area contributed by atoms with Crippen LogP contribution in [0.1, 0.15) is 47.7 Å². The standard InChI is InChI=1S/C16H19N3O2S/c1-10(2)14-9-22-15(19-14)8-17-16(21)12-5-4-6-13(7-12)18-11(3)20/h4-7,9-10H,8H2,1-3H3,(H,17,21)(H,18,20). The predicted octanol–water partition coefficient (Wildman–Crippen LogP) is 3.15. The highest BCUT2D eigenvalue weighted by molar-refractivity contribution is 7.09. The van der Waals surface area contributed by atoms with E-state index in [9.17, 15) is 9.59 Å². The highest BCUT2D eigenvalue weighted by Gasteiger charge is 2.09. The minimum atomic E-state index is -0.187. The Balaban J connectivity index is 1.98. The normalized spacial score (nSPS) is 10.5. The van der Waals surface area contributed by atoms with E-state index in [1.807, 2.05) is 5.38 Å². The number of rotatable bonds is 5. The van der Waals surface area contributed by atoms with Crippen LogP contribution in [0.15, 0.2) is 29.6 Å². The van der Waals surface area contributed by atoms with Crippen molar-refractivity contribution >= 4 is 28.8 Å². The fourth-order valence-electron chi connectivity index (χ4n) is 1.87. The van der Waals surface area contributed by atoms with E-state index in [1.54, 1.807) is 35.6 Å². The maximum Gasteiger partial charge on any atom is 0.251 e. The molecule has 0 atom stereocenters. The Kier molecular flexibility index (Phi) is 5.27. The molecule has 0 fully saturated rings. The Morgan fingerprint density at radius 2 is 2.09 bits per heavy atom. The summed E-state index contributed by atoms with van der Waals surface area (Å²) in [4.78, 5) is 27.7. The molecule has 1 aromatic heterocycles. The molecular formula is C16H19N3O2S. The molecule has 1 aromatic carbocycles. The first-order valence-corrected chi connectivity index (χ1v) is 7.94. The van der Waals surface area contributed by atoms with Crippen LogP contribution in [-0.4, -0.2) is 16.8 Å². The maximum atomic E-state index is 12.1. The molecule has 0 radical (unpaired) electrons. The summed E-state index contributed by atoms with van der Waals surface area (Å²) in [7, 11) is 0. The van der Waals surface area contributed by atoms with Crippen LogP contribution < -0.4 is 10.6 Å². The van der Waals surface area contributed by atoms with Gasteiger partial charge in [-0.15, -0.1) is 11.3 Å². The van der Waals surface area contributed by atoms with E-state index in [0.717, 1.165) is 10.7 Å². The van der Waals surface area contributed by atoms with Crippen molar-refractivity contribution in [2.75, 3.05) is 5.32 Å². The van der Waals surface area contributed by atoms with E-state index >= 15 is 0 Å². The molecule has 2 N–H and O–H groups in total. The zero-order valence-electron chi connectivity index (χ0n) is 12.8. The van der Waals surface area contributed by atoms with Crippen LogP contribution in [0.3, 0.4) is 0 Å². The van der Waals surface area contributed by atoms with E-state index in [4.69, 9.17) is 0 Å². The molecule has 2 aromatic rings. The molecule has 6 heteroatoms. The van der Waals surface area contributed by atoms with Gasteiger partial charge in [0.1, 0.15) is 5.01 Å². The van der Waals surface area contributed by atoms with E-state index in [-0.39, 0.29) is 11.8 Å². The van der Waals surface area contributed by atoms with Crippen LogP contribution in [0.2, 0.25) is 0 Å². The Morgan fingerprint density at radius 1 is 1.32 bits per heavy atom. The molecule has 116 valence electrons. The summed E-state index contributed by atoms with van der Waals surface area (Å²) < 4.78 is 0. The minimum absolute atomic E-state index is 0.165. The zero-order valence-corrected chi connectivity index (χ0v) is 13.7. The van der Waals surface area contributed by atoms with Gasteiger partial charge < -0.3 is 10.6 Å². The molecule has 0 spiro atoms. The van der Waals surface area contributed by atoms with Gasteiger partial charge in [-0.2, -0.15) is 0 Å². The van der Waals surface area contributed by atoms with Crippen LogP contribution in [0.25, 0.3) is 0 Å². The maximum absolute atomic E-state index is 12.1. The van der Waals surface area contributed by atoms with E-state index < -0.39 is 0 Å². The molecule has 1 heterocycles. The molecule has 0 saturated heterocycles. The second-order valence-electron chi connectivity index (χ2n) is 5.27. The van der Waals surface area contributed by atoms with Crippen LogP contribution in [0.5, 0.6) is 0 Å². The van der Waals surface area contributed by atoms with Gasteiger partial charge in [-0.3, -0.25) is 9.59 Å². The van der Waals surface area contributed by atoms with E-state index in [2.05, 4.69) is 29.5 Å². The van der Waals surface area contributed by atoms with Gasteiger partial charge in [-0.25, -0.2) is 4.98 Å². The summed E-state index contributed by atoms with van der Waals surface area (Å²) in [5.74, 6) is 0.0325. The summed E-state index contributed by atoms with van der Waals surface area (Å²) in [5, 5.41) is 8.41. The third-order valence-electron chi connectivity index (χ3n) is 3.01.